The van der Waals surface area contributed by atoms with Gasteiger partial charge in [-0.1, -0.05) is 6.92 Å². The number of carboxylic acids is 1. The molecule has 1 fully saturated rings. The van der Waals surface area contributed by atoms with Gasteiger partial charge in [0.2, 0.25) is 5.91 Å². The van der Waals surface area contributed by atoms with E-state index in [0.717, 1.165) is 13.0 Å². The average molecular weight is 199 g/mol. The van der Waals surface area contributed by atoms with E-state index in [1.807, 2.05) is 0 Å². The minimum Gasteiger partial charge on any atom is -0.481 e. The molecule has 4 heteroatoms. The summed E-state index contributed by atoms with van der Waals surface area (Å²) in [7, 11) is 0. The normalized spacial score (nSPS) is 22.5. The predicted molar refractivity (Wildman–Crippen MR) is 51.8 cm³/mol. The van der Waals surface area contributed by atoms with Gasteiger partial charge in [0.25, 0.3) is 0 Å². The van der Waals surface area contributed by atoms with Gasteiger partial charge in [-0.2, -0.15) is 0 Å². The monoisotopic (exact) mass is 199 g/mol. The van der Waals surface area contributed by atoms with Gasteiger partial charge in [-0.3, -0.25) is 9.59 Å². The highest BCUT2D eigenvalue weighted by Gasteiger charge is 2.22. The van der Waals surface area contributed by atoms with Crippen LogP contribution in [0.2, 0.25) is 0 Å². The molecule has 0 unspecified atom stereocenters. The molecule has 1 aliphatic rings. The number of rotatable bonds is 4. The van der Waals surface area contributed by atoms with E-state index < -0.39 is 5.97 Å². The number of carboxylic acid groups (broad SMARTS) is 1. The summed E-state index contributed by atoms with van der Waals surface area (Å²) in [4.78, 5) is 23.5. The molecule has 4 nitrogen and oxygen atoms in total. The zero-order valence-electron chi connectivity index (χ0n) is 8.53. The number of piperidine rings is 1. The van der Waals surface area contributed by atoms with Crippen molar-refractivity contribution in [2.75, 3.05) is 13.1 Å². The largest absolute Gasteiger partial charge is 0.481 e. The van der Waals surface area contributed by atoms with Crippen LogP contribution in [0.4, 0.5) is 0 Å². The van der Waals surface area contributed by atoms with Crippen LogP contribution in [0.3, 0.4) is 0 Å². The first kappa shape index (κ1) is 11.0. The second-order valence-corrected chi connectivity index (χ2v) is 3.98. The van der Waals surface area contributed by atoms with Crippen LogP contribution in [0.15, 0.2) is 0 Å². The third kappa shape index (κ3) is 3.36. The summed E-state index contributed by atoms with van der Waals surface area (Å²) in [6.07, 6.45) is 2.30. The molecule has 0 aliphatic carbocycles. The fourth-order valence-corrected chi connectivity index (χ4v) is 1.73. The molecule has 1 heterocycles. The summed E-state index contributed by atoms with van der Waals surface area (Å²) < 4.78 is 0. The van der Waals surface area contributed by atoms with E-state index in [1.165, 1.54) is 0 Å². The van der Waals surface area contributed by atoms with Crippen molar-refractivity contribution in [2.24, 2.45) is 5.92 Å². The minimum atomic E-state index is -0.789. The third-order valence-electron chi connectivity index (χ3n) is 2.55. The van der Waals surface area contributed by atoms with Crippen LogP contribution in [0.5, 0.6) is 0 Å². The van der Waals surface area contributed by atoms with Crippen molar-refractivity contribution in [1.82, 2.24) is 4.90 Å². The molecule has 1 aliphatic heterocycles. The zero-order chi connectivity index (χ0) is 10.6. The van der Waals surface area contributed by atoms with Crippen LogP contribution >= 0.6 is 0 Å². The first-order chi connectivity index (χ1) is 6.59. The molecule has 0 bridgehead atoms. The number of hydrogen-bond acceptors (Lipinski definition) is 2. The Morgan fingerprint density at radius 1 is 1.64 bits per heavy atom. The summed E-state index contributed by atoms with van der Waals surface area (Å²) in [6.45, 7) is 3.50. The molecule has 0 saturated carbocycles. The molecule has 0 aromatic rings. The number of aliphatic carboxylic acids is 1. The van der Waals surface area contributed by atoms with Crippen molar-refractivity contribution < 1.29 is 14.7 Å². The van der Waals surface area contributed by atoms with Crippen molar-refractivity contribution in [1.29, 1.82) is 0 Å². The van der Waals surface area contributed by atoms with Gasteiger partial charge in [0, 0.05) is 25.9 Å². The lowest BCUT2D eigenvalue weighted by Crippen LogP contribution is -2.39. The van der Waals surface area contributed by atoms with Gasteiger partial charge in [-0.15, -0.1) is 0 Å². The molecule has 1 N–H and O–H groups in total. The van der Waals surface area contributed by atoms with Gasteiger partial charge in [-0.05, 0) is 18.8 Å². The van der Waals surface area contributed by atoms with Crippen LogP contribution in [-0.2, 0) is 9.59 Å². The van der Waals surface area contributed by atoms with E-state index in [4.69, 9.17) is 5.11 Å². The lowest BCUT2D eigenvalue weighted by atomic mass is 9.99. The molecule has 0 aromatic carbocycles. The second kappa shape index (κ2) is 4.98. The second-order valence-electron chi connectivity index (χ2n) is 3.98. The van der Waals surface area contributed by atoms with Gasteiger partial charge >= 0.3 is 5.97 Å². The number of likely N-dealkylation sites (tertiary alicyclic amines) is 1. The predicted octanol–water partition coefficient (Wildman–Crippen LogP) is 1.11. The van der Waals surface area contributed by atoms with E-state index >= 15 is 0 Å². The maximum Gasteiger partial charge on any atom is 0.303 e. The molecule has 14 heavy (non-hydrogen) atoms. The van der Waals surface area contributed by atoms with Crippen molar-refractivity contribution in [3.8, 4) is 0 Å². The summed E-state index contributed by atoms with van der Waals surface area (Å²) in [6, 6.07) is 0. The number of nitrogens with zero attached hydrogens (tertiary/aromatic N) is 1. The van der Waals surface area contributed by atoms with E-state index in [1.54, 1.807) is 4.90 Å². The van der Waals surface area contributed by atoms with Gasteiger partial charge in [-0.25, -0.2) is 0 Å². The number of amides is 1. The Bertz CT molecular complexity index is 227. The molecule has 80 valence electrons. The van der Waals surface area contributed by atoms with E-state index in [0.29, 0.717) is 25.3 Å². The Hall–Kier alpha value is -1.06. The first-order valence-corrected chi connectivity index (χ1v) is 5.09. The molecule has 1 amide bonds. The SMILES string of the molecule is C[C@@H]1CCC(=O)N(CCCC(=O)O)C1. The fourth-order valence-electron chi connectivity index (χ4n) is 1.73. The Kier molecular flexibility index (Phi) is 3.92. The number of hydrogen-bond donors (Lipinski definition) is 1. The van der Waals surface area contributed by atoms with Crippen LogP contribution < -0.4 is 0 Å². The molecule has 0 aromatic heterocycles. The molecular weight excluding hydrogens is 182 g/mol. The Morgan fingerprint density at radius 2 is 2.36 bits per heavy atom. The van der Waals surface area contributed by atoms with E-state index in [9.17, 15) is 9.59 Å². The maximum absolute atomic E-state index is 11.4. The molecule has 0 spiro atoms. The molecular formula is C10H17NO3. The smallest absolute Gasteiger partial charge is 0.303 e. The molecule has 1 saturated heterocycles. The quantitative estimate of drug-likeness (QED) is 0.737. The van der Waals surface area contributed by atoms with Crippen molar-refractivity contribution in [3.05, 3.63) is 0 Å². The van der Waals surface area contributed by atoms with E-state index in [2.05, 4.69) is 6.92 Å². The topological polar surface area (TPSA) is 57.6 Å². The van der Waals surface area contributed by atoms with Crippen LogP contribution in [0.1, 0.15) is 32.6 Å². The van der Waals surface area contributed by atoms with Gasteiger partial charge in [0.05, 0.1) is 0 Å². The first-order valence-electron chi connectivity index (χ1n) is 5.09. The van der Waals surface area contributed by atoms with Crippen molar-refractivity contribution in [2.45, 2.75) is 32.6 Å². The minimum absolute atomic E-state index is 0.151. The van der Waals surface area contributed by atoms with Crippen LogP contribution in [0.25, 0.3) is 0 Å². The lowest BCUT2D eigenvalue weighted by Gasteiger charge is -2.30. The highest BCUT2D eigenvalue weighted by atomic mass is 16.4. The van der Waals surface area contributed by atoms with Gasteiger partial charge < -0.3 is 10.0 Å². The van der Waals surface area contributed by atoms with Gasteiger partial charge in [0.15, 0.2) is 0 Å². The average Bonchev–Trinajstić information content (AvgIpc) is 2.10. The number of carbonyl (C=O) groups is 2. The summed E-state index contributed by atoms with van der Waals surface area (Å²) in [5.41, 5.74) is 0. The third-order valence-corrected chi connectivity index (χ3v) is 2.55. The summed E-state index contributed by atoms with van der Waals surface area (Å²) >= 11 is 0. The molecule has 1 atom stereocenters. The highest BCUT2D eigenvalue weighted by molar-refractivity contribution is 5.77. The Morgan fingerprint density at radius 3 is 3.00 bits per heavy atom. The standard InChI is InChI=1S/C10H17NO3/c1-8-4-5-9(12)11(7-8)6-2-3-10(13)14/h8H,2-7H2,1H3,(H,13,14)/t8-/m1/s1. The fraction of sp³-hybridized carbons (Fsp3) is 0.800. The Labute approximate surface area is 83.9 Å². The van der Waals surface area contributed by atoms with Crippen molar-refractivity contribution in [3.63, 3.8) is 0 Å². The molecule has 0 radical (unpaired) electrons. The zero-order valence-corrected chi connectivity index (χ0v) is 8.53. The van der Waals surface area contributed by atoms with Gasteiger partial charge in [0.1, 0.15) is 0 Å². The van der Waals surface area contributed by atoms with Crippen LogP contribution in [-0.4, -0.2) is 35.0 Å². The Balaban J connectivity index is 2.27. The highest BCUT2D eigenvalue weighted by Crippen LogP contribution is 2.16. The summed E-state index contributed by atoms with van der Waals surface area (Å²) in [5, 5.41) is 8.46. The van der Waals surface area contributed by atoms with Crippen LogP contribution in [0, 0.1) is 5.92 Å². The summed E-state index contributed by atoms with van der Waals surface area (Å²) in [5.74, 6) is -0.0616. The lowest BCUT2D eigenvalue weighted by molar-refractivity contribution is -0.139. The maximum atomic E-state index is 11.4. The van der Waals surface area contributed by atoms with Crippen molar-refractivity contribution >= 4 is 11.9 Å². The molecule has 1 rings (SSSR count). The van der Waals surface area contributed by atoms with E-state index in [-0.39, 0.29) is 12.3 Å². The number of carbonyl (C=O) groups excluding carboxylic acids is 1.